The number of nitrogens with two attached hydrogens (primary N) is 1. The molecule has 0 aliphatic carbocycles. The minimum Gasteiger partial charge on any atom is -0.354 e. The van der Waals surface area contributed by atoms with Crippen LogP contribution in [-0.4, -0.2) is 25.1 Å². The number of carbonyl (C=O) groups is 1. The standard InChI is InChI=1S/C29H33ClFN3O2/c1-29(2,3)18-34-25-12-11-22(30)14-23(25)27(20-9-6-7-19(13-20)15-32)36-26(28(34)35)17-33-16-21-8-4-5-10-24(21)31/h4-14,26-27,33H,15-18,32H2,1-3H3. The summed E-state index contributed by atoms with van der Waals surface area (Å²) in [7, 11) is 0. The number of fused-ring (bicyclic) bond motifs is 1. The molecule has 0 aromatic heterocycles. The number of nitrogens with one attached hydrogen (secondary N) is 1. The van der Waals surface area contributed by atoms with E-state index in [1.54, 1.807) is 29.2 Å². The van der Waals surface area contributed by atoms with Crippen LogP contribution in [0.1, 0.15) is 49.1 Å². The van der Waals surface area contributed by atoms with E-state index in [-0.39, 0.29) is 30.2 Å². The predicted octanol–water partition coefficient (Wildman–Crippen LogP) is 5.59. The minimum absolute atomic E-state index is 0.146. The second kappa shape index (κ2) is 11.1. The molecule has 3 aromatic carbocycles. The predicted molar refractivity (Wildman–Crippen MR) is 142 cm³/mol. The Kier molecular flexibility index (Phi) is 8.10. The number of carbonyl (C=O) groups excluding carboxylic acids is 1. The quantitative estimate of drug-likeness (QED) is 0.435. The lowest BCUT2D eigenvalue weighted by Gasteiger charge is -2.31. The molecule has 0 fully saturated rings. The molecule has 1 aliphatic rings. The monoisotopic (exact) mass is 509 g/mol. The van der Waals surface area contributed by atoms with E-state index in [9.17, 15) is 9.18 Å². The van der Waals surface area contributed by atoms with Crippen LogP contribution in [0.25, 0.3) is 0 Å². The second-order valence-electron chi connectivity index (χ2n) is 10.4. The highest BCUT2D eigenvalue weighted by Crippen LogP contribution is 2.40. The molecule has 7 heteroatoms. The van der Waals surface area contributed by atoms with E-state index in [1.165, 1.54) is 6.07 Å². The van der Waals surface area contributed by atoms with Gasteiger partial charge in [-0.3, -0.25) is 4.79 Å². The molecular formula is C29H33ClFN3O2. The molecule has 2 atom stereocenters. The molecule has 3 N–H and O–H groups in total. The van der Waals surface area contributed by atoms with Crippen molar-refractivity contribution >= 4 is 23.2 Å². The first-order valence-electron chi connectivity index (χ1n) is 12.2. The maximum absolute atomic E-state index is 14.1. The van der Waals surface area contributed by atoms with Crippen molar-refractivity contribution < 1.29 is 13.9 Å². The van der Waals surface area contributed by atoms with Gasteiger partial charge < -0.3 is 20.7 Å². The molecule has 4 rings (SSSR count). The third-order valence-electron chi connectivity index (χ3n) is 6.13. The summed E-state index contributed by atoms with van der Waals surface area (Å²) in [5, 5.41) is 3.79. The summed E-state index contributed by atoms with van der Waals surface area (Å²) in [5.41, 5.74) is 9.75. The largest absolute Gasteiger partial charge is 0.354 e. The number of hydrogen-bond acceptors (Lipinski definition) is 4. The summed E-state index contributed by atoms with van der Waals surface area (Å²) < 4.78 is 20.7. The molecule has 0 saturated carbocycles. The molecule has 1 amide bonds. The molecule has 0 radical (unpaired) electrons. The number of nitrogens with zero attached hydrogens (tertiary/aromatic N) is 1. The molecule has 190 valence electrons. The van der Waals surface area contributed by atoms with Crippen molar-refractivity contribution in [2.75, 3.05) is 18.0 Å². The van der Waals surface area contributed by atoms with Gasteiger partial charge >= 0.3 is 0 Å². The fraction of sp³-hybridized carbons (Fsp3) is 0.345. The Balaban J connectivity index is 1.73. The summed E-state index contributed by atoms with van der Waals surface area (Å²) in [4.78, 5) is 15.7. The van der Waals surface area contributed by atoms with Crippen molar-refractivity contribution in [3.63, 3.8) is 0 Å². The first kappa shape index (κ1) is 26.3. The van der Waals surface area contributed by atoms with E-state index in [0.29, 0.717) is 23.7 Å². The Morgan fingerprint density at radius 2 is 1.86 bits per heavy atom. The first-order chi connectivity index (χ1) is 17.2. The Bertz CT molecular complexity index is 1230. The van der Waals surface area contributed by atoms with E-state index >= 15 is 0 Å². The number of ether oxygens (including phenoxy) is 1. The summed E-state index contributed by atoms with van der Waals surface area (Å²) in [5.74, 6) is -0.432. The van der Waals surface area contributed by atoms with Crippen LogP contribution in [-0.2, 0) is 22.6 Å². The van der Waals surface area contributed by atoms with Crippen LogP contribution in [0, 0.1) is 11.2 Å². The highest BCUT2D eigenvalue weighted by molar-refractivity contribution is 6.30. The molecule has 1 aliphatic heterocycles. The highest BCUT2D eigenvalue weighted by atomic mass is 35.5. The first-order valence-corrected chi connectivity index (χ1v) is 12.5. The topological polar surface area (TPSA) is 67.6 Å². The summed E-state index contributed by atoms with van der Waals surface area (Å²) in [6.45, 7) is 7.68. The molecular weight excluding hydrogens is 477 g/mol. The lowest BCUT2D eigenvalue weighted by Crippen LogP contribution is -2.47. The third kappa shape index (κ3) is 6.13. The van der Waals surface area contributed by atoms with Crippen LogP contribution < -0.4 is 16.0 Å². The van der Waals surface area contributed by atoms with Crippen molar-refractivity contribution in [1.29, 1.82) is 0 Å². The summed E-state index contributed by atoms with van der Waals surface area (Å²) >= 11 is 6.43. The molecule has 36 heavy (non-hydrogen) atoms. The lowest BCUT2D eigenvalue weighted by molar-refractivity contribution is -0.131. The van der Waals surface area contributed by atoms with Gasteiger partial charge in [0.15, 0.2) is 0 Å². The van der Waals surface area contributed by atoms with Crippen LogP contribution in [0.4, 0.5) is 10.1 Å². The Morgan fingerprint density at radius 3 is 2.58 bits per heavy atom. The van der Waals surface area contributed by atoms with Gasteiger partial charge in [0.2, 0.25) is 0 Å². The van der Waals surface area contributed by atoms with Crippen LogP contribution in [0.2, 0.25) is 5.02 Å². The molecule has 0 bridgehead atoms. The van der Waals surface area contributed by atoms with Crippen molar-refractivity contribution in [3.8, 4) is 0 Å². The van der Waals surface area contributed by atoms with Gasteiger partial charge in [0.25, 0.3) is 5.91 Å². The Hall–Kier alpha value is -2.77. The summed E-state index contributed by atoms with van der Waals surface area (Å²) in [6.07, 6.45) is -1.32. The fourth-order valence-corrected chi connectivity index (χ4v) is 4.64. The SMILES string of the molecule is CC(C)(C)CN1C(=O)C(CNCc2ccccc2F)OC(c2cccc(CN)c2)c2cc(Cl)ccc21. The number of anilines is 1. The molecule has 3 aromatic rings. The summed E-state index contributed by atoms with van der Waals surface area (Å²) in [6, 6.07) is 20.0. The third-order valence-corrected chi connectivity index (χ3v) is 6.36. The van der Waals surface area contributed by atoms with Gasteiger partial charge in [0.1, 0.15) is 18.0 Å². The van der Waals surface area contributed by atoms with E-state index in [2.05, 4.69) is 26.1 Å². The maximum atomic E-state index is 14.1. The number of amides is 1. The van der Waals surface area contributed by atoms with Crippen LogP contribution >= 0.6 is 11.6 Å². The lowest BCUT2D eigenvalue weighted by atomic mass is 9.94. The van der Waals surface area contributed by atoms with Crippen molar-refractivity contribution in [2.45, 2.75) is 46.1 Å². The molecule has 0 saturated heterocycles. The smallest absolute Gasteiger partial charge is 0.257 e. The zero-order chi connectivity index (χ0) is 25.9. The van der Waals surface area contributed by atoms with E-state index in [1.807, 2.05) is 36.4 Å². The fourth-order valence-electron chi connectivity index (χ4n) is 4.46. The Morgan fingerprint density at radius 1 is 1.08 bits per heavy atom. The van der Waals surface area contributed by atoms with Crippen LogP contribution in [0.15, 0.2) is 66.7 Å². The van der Waals surface area contributed by atoms with Gasteiger partial charge in [-0.15, -0.1) is 0 Å². The number of rotatable bonds is 7. The second-order valence-corrected chi connectivity index (χ2v) is 10.8. The zero-order valence-electron chi connectivity index (χ0n) is 20.9. The average Bonchev–Trinajstić information content (AvgIpc) is 2.94. The van der Waals surface area contributed by atoms with Crippen molar-refractivity contribution in [3.05, 3.63) is 99.8 Å². The van der Waals surface area contributed by atoms with Gasteiger partial charge in [-0.05, 0) is 40.8 Å². The van der Waals surface area contributed by atoms with E-state index in [0.717, 1.165) is 22.4 Å². The normalized spacial score (nSPS) is 18.2. The molecule has 0 spiro atoms. The van der Waals surface area contributed by atoms with Crippen molar-refractivity contribution in [1.82, 2.24) is 5.32 Å². The van der Waals surface area contributed by atoms with Gasteiger partial charge in [-0.2, -0.15) is 0 Å². The number of hydrogen-bond donors (Lipinski definition) is 2. The van der Waals surface area contributed by atoms with E-state index in [4.69, 9.17) is 22.1 Å². The van der Waals surface area contributed by atoms with Gasteiger partial charge in [-0.25, -0.2) is 4.39 Å². The van der Waals surface area contributed by atoms with Crippen LogP contribution in [0.5, 0.6) is 0 Å². The van der Waals surface area contributed by atoms with Crippen molar-refractivity contribution in [2.24, 2.45) is 11.1 Å². The average molecular weight is 510 g/mol. The zero-order valence-corrected chi connectivity index (χ0v) is 21.7. The maximum Gasteiger partial charge on any atom is 0.257 e. The molecule has 2 unspecified atom stereocenters. The minimum atomic E-state index is -0.795. The van der Waals surface area contributed by atoms with Crippen LogP contribution in [0.3, 0.4) is 0 Å². The van der Waals surface area contributed by atoms with Gasteiger partial charge in [-0.1, -0.05) is 74.8 Å². The Labute approximate surface area is 217 Å². The number of halogens is 2. The van der Waals surface area contributed by atoms with Gasteiger partial charge in [0.05, 0.1) is 0 Å². The molecule has 1 heterocycles. The number of benzene rings is 3. The van der Waals surface area contributed by atoms with E-state index < -0.39 is 12.2 Å². The van der Waals surface area contributed by atoms with Gasteiger partial charge in [0, 0.05) is 48.0 Å². The highest BCUT2D eigenvalue weighted by Gasteiger charge is 2.38. The molecule has 5 nitrogen and oxygen atoms in total.